The predicted molar refractivity (Wildman–Crippen MR) is 56.8 cm³/mol. The van der Waals surface area contributed by atoms with Crippen molar-refractivity contribution < 1.29 is 4.79 Å². The minimum Gasteiger partial charge on any atom is -0.314 e. The van der Waals surface area contributed by atoms with E-state index in [-0.39, 0.29) is 0 Å². The first-order valence-electron chi connectivity index (χ1n) is 4.92. The van der Waals surface area contributed by atoms with Gasteiger partial charge >= 0.3 is 0 Å². The lowest BCUT2D eigenvalue weighted by Crippen LogP contribution is -2.25. The minimum absolute atomic E-state index is 0.330. The monoisotopic (exact) mass is 183 g/mol. The van der Waals surface area contributed by atoms with Crippen molar-refractivity contribution in [3.05, 3.63) is 12.2 Å². The van der Waals surface area contributed by atoms with Crippen molar-refractivity contribution in [1.29, 1.82) is 0 Å². The third kappa shape index (κ3) is 9.28. The van der Waals surface area contributed by atoms with E-state index in [1.54, 1.807) is 0 Å². The smallest absolute Gasteiger partial charge is 0.134 e. The van der Waals surface area contributed by atoms with Crippen LogP contribution in [0.25, 0.3) is 0 Å². The molecular formula is C11H21NO. The molecule has 0 aliphatic carbocycles. The zero-order valence-electron chi connectivity index (χ0n) is 9.02. The van der Waals surface area contributed by atoms with E-state index in [1.165, 1.54) is 0 Å². The van der Waals surface area contributed by atoms with Crippen molar-refractivity contribution in [2.45, 2.75) is 46.1 Å². The predicted octanol–water partition coefficient (Wildman–Crippen LogP) is 2.30. The molecule has 1 N–H and O–H groups in total. The molecule has 0 bridgehead atoms. The Labute approximate surface area is 81.4 Å². The van der Waals surface area contributed by atoms with Gasteiger partial charge in [0.2, 0.25) is 0 Å². The average molecular weight is 183 g/mol. The molecule has 0 saturated carbocycles. The first-order valence-corrected chi connectivity index (χ1v) is 4.92. The normalized spacial score (nSPS) is 10.5. The van der Waals surface area contributed by atoms with Crippen LogP contribution < -0.4 is 5.32 Å². The maximum Gasteiger partial charge on any atom is 0.134 e. The summed E-state index contributed by atoms with van der Waals surface area (Å²) in [5, 5.41) is 3.22. The largest absolute Gasteiger partial charge is 0.314 e. The van der Waals surface area contributed by atoms with E-state index in [9.17, 15) is 4.79 Å². The summed E-state index contributed by atoms with van der Waals surface area (Å²) in [5.41, 5.74) is 1.09. The van der Waals surface area contributed by atoms with E-state index in [1.807, 2.05) is 6.92 Å². The summed E-state index contributed by atoms with van der Waals surface area (Å²) in [7, 11) is 0. The summed E-state index contributed by atoms with van der Waals surface area (Å²) < 4.78 is 0. The van der Waals surface area contributed by atoms with Crippen LogP contribution in [0.1, 0.15) is 40.0 Å². The fourth-order valence-corrected chi connectivity index (χ4v) is 0.978. The van der Waals surface area contributed by atoms with Gasteiger partial charge in [0.1, 0.15) is 5.78 Å². The second-order valence-corrected chi connectivity index (χ2v) is 3.85. The molecule has 0 saturated heterocycles. The molecule has 0 unspecified atom stereocenters. The van der Waals surface area contributed by atoms with Crippen LogP contribution in [0.4, 0.5) is 0 Å². The first-order chi connectivity index (χ1) is 6.02. The van der Waals surface area contributed by atoms with Gasteiger partial charge in [-0.15, -0.1) is 6.58 Å². The average Bonchev–Trinajstić information content (AvgIpc) is 2.00. The third-order valence-corrected chi connectivity index (χ3v) is 1.79. The number of carbonyl (C=O) groups is 1. The topological polar surface area (TPSA) is 29.1 Å². The van der Waals surface area contributed by atoms with Crippen LogP contribution in [0.2, 0.25) is 0 Å². The van der Waals surface area contributed by atoms with Crippen molar-refractivity contribution in [3.8, 4) is 0 Å². The highest BCUT2D eigenvalue weighted by atomic mass is 16.1. The van der Waals surface area contributed by atoms with E-state index < -0.39 is 0 Å². The maximum absolute atomic E-state index is 11.2. The molecule has 0 heterocycles. The Morgan fingerprint density at radius 3 is 2.38 bits per heavy atom. The van der Waals surface area contributed by atoms with Gasteiger partial charge in [0.15, 0.2) is 0 Å². The van der Waals surface area contributed by atoms with Crippen molar-refractivity contribution in [3.63, 3.8) is 0 Å². The Balaban J connectivity index is 3.36. The summed E-state index contributed by atoms with van der Waals surface area (Å²) in [6, 6.07) is 0.467. The number of allylic oxidation sites excluding steroid dienone is 1. The van der Waals surface area contributed by atoms with Gasteiger partial charge in [0.25, 0.3) is 0 Å². The Morgan fingerprint density at radius 2 is 1.92 bits per heavy atom. The molecule has 0 rings (SSSR count). The van der Waals surface area contributed by atoms with E-state index in [0.29, 0.717) is 24.7 Å². The lowest BCUT2D eigenvalue weighted by atomic mass is 10.1. The molecular weight excluding hydrogens is 162 g/mol. The molecule has 0 atom stereocenters. The molecule has 76 valence electrons. The molecule has 0 aromatic rings. The molecule has 2 heteroatoms. The molecule has 0 aromatic carbocycles. The van der Waals surface area contributed by atoms with Gasteiger partial charge in [-0.3, -0.25) is 4.79 Å². The number of Topliss-reactive ketones (excluding diaryl/α,β-unsaturated/α-hetero) is 1. The fourth-order valence-electron chi connectivity index (χ4n) is 0.978. The number of hydrogen-bond acceptors (Lipinski definition) is 2. The quantitative estimate of drug-likeness (QED) is 0.614. The number of hydrogen-bond donors (Lipinski definition) is 1. The second kappa shape index (κ2) is 6.84. The van der Waals surface area contributed by atoms with Crippen LogP contribution in [0.3, 0.4) is 0 Å². The SMILES string of the molecule is C=C(C)CCC(=O)CCNC(C)C. The van der Waals surface area contributed by atoms with Crippen LogP contribution in [0, 0.1) is 0 Å². The van der Waals surface area contributed by atoms with Gasteiger partial charge in [-0.2, -0.15) is 0 Å². The van der Waals surface area contributed by atoms with Gasteiger partial charge < -0.3 is 5.32 Å². The zero-order valence-corrected chi connectivity index (χ0v) is 9.02. The summed E-state index contributed by atoms with van der Waals surface area (Å²) in [6.07, 6.45) is 2.13. The Kier molecular flexibility index (Phi) is 6.51. The molecule has 0 spiro atoms. The van der Waals surface area contributed by atoms with E-state index >= 15 is 0 Å². The molecule has 0 fully saturated rings. The Bertz CT molecular complexity index is 173. The van der Waals surface area contributed by atoms with Crippen molar-refractivity contribution in [2.24, 2.45) is 0 Å². The molecule has 2 nitrogen and oxygen atoms in total. The molecule has 0 aliphatic rings. The second-order valence-electron chi connectivity index (χ2n) is 3.85. The van der Waals surface area contributed by atoms with E-state index in [4.69, 9.17) is 0 Å². The Morgan fingerprint density at radius 1 is 1.31 bits per heavy atom. The summed E-state index contributed by atoms with van der Waals surface area (Å²) in [6.45, 7) is 10.7. The lowest BCUT2D eigenvalue weighted by Gasteiger charge is -2.06. The highest BCUT2D eigenvalue weighted by Gasteiger charge is 2.01. The van der Waals surface area contributed by atoms with Gasteiger partial charge in [-0.1, -0.05) is 19.4 Å². The van der Waals surface area contributed by atoms with Crippen molar-refractivity contribution in [2.75, 3.05) is 6.54 Å². The highest BCUT2D eigenvalue weighted by Crippen LogP contribution is 2.02. The number of carbonyl (C=O) groups excluding carboxylic acids is 1. The number of rotatable bonds is 7. The Hall–Kier alpha value is -0.630. The molecule has 0 amide bonds. The molecule has 0 radical (unpaired) electrons. The minimum atomic E-state index is 0.330. The van der Waals surface area contributed by atoms with Crippen molar-refractivity contribution >= 4 is 5.78 Å². The first kappa shape index (κ1) is 12.4. The maximum atomic E-state index is 11.2. The highest BCUT2D eigenvalue weighted by molar-refractivity contribution is 5.78. The third-order valence-electron chi connectivity index (χ3n) is 1.79. The standard InChI is InChI=1S/C11H21NO/c1-9(2)5-6-11(13)7-8-12-10(3)4/h10,12H,1,5-8H2,2-4H3. The van der Waals surface area contributed by atoms with Crippen LogP contribution in [-0.2, 0) is 4.79 Å². The zero-order chi connectivity index (χ0) is 10.3. The molecule has 0 aromatic heterocycles. The van der Waals surface area contributed by atoms with E-state index in [2.05, 4.69) is 25.7 Å². The van der Waals surface area contributed by atoms with Crippen LogP contribution in [0.15, 0.2) is 12.2 Å². The molecule has 13 heavy (non-hydrogen) atoms. The lowest BCUT2D eigenvalue weighted by molar-refractivity contribution is -0.118. The summed E-state index contributed by atoms with van der Waals surface area (Å²) in [5.74, 6) is 0.330. The van der Waals surface area contributed by atoms with Gasteiger partial charge in [0, 0.05) is 25.4 Å². The molecule has 0 aliphatic heterocycles. The fraction of sp³-hybridized carbons (Fsp3) is 0.727. The number of ketones is 1. The van der Waals surface area contributed by atoms with Gasteiger partial charge in [0.05, 0.1) is 0 Å². The van der Waals surface area contributed by atoms with E-state index in [0.717, 1.165) is 18.5 Å². The van der Waals surface area contributed by atoms with Crippen LogP contribution in [0.5, 0.6) is 0 Å². The van der Waals surface area contributed by atoms with Crippen molar-refractivity contribution in [1.82, 2.24) is 5.32 Å². The number of nitrogens with one attached hydrogen (secondary N) is 1. The van der Waals surface area contributed by atoms with Crippen LogP contribution in [-0.4, -0.2) is 18.4 Å². The van der Waals surface area contributed by atoms with Gasteiger partial charge in [-0.05, 0) is 13.3 Å². The summed E-state index contributed by atoms with van der Waals surface area (Å²) >= 11 is 0. The summed E-state index contributed by atoms with van der Waals surface area (Å²) in [4.78, 5) is 11.2. The van der Waals surface area contributed by atoms with Gasteiger partial charge in [-0.25, -0.2) is 0 Å². The van der Waals surface area contributed by atoms with Crippen LogP contribution >= 0.6 is 0 Å².